The van der Waals surface area contributed by atoms with E-state index in [1.807, 2.05) is 12.1 Å². The summed E-state index contributed by atoms with van der Waals surface area (Å²) >= 11 is 0. The van der Waals surface area contributed by atoms with E-state index < -0.39 is 0 Å². The first-order valence-electron chi connectivity index (χ1n) is 7.52. The third-order valence-electron chi connectivity index (χ3n) is 3.94. The van der Waals surface area contributed by atoms with Crippen LogP contribution in [0.5, 0.6) is 5.75 Å². The molecule has 0 saturated carbocycles. The van der Waals surface area contributed by atoms with Crippen molar-refractivity contribution in [1.82, 2.24) is 4.90 Å². The minimum Gasteiger partial charge on any atom is -0.491 e. The Bertz CT molecular complexity index is 436. The molecule has 20 heavy (non-hydrogen) atoms. The zero-order valence-corrected chi connectivity index (χ0v) is 12.9. The molecule has 0 amide bonds. The van der Waals surface area contributed by atoms with Crippen molar-refractivity contribution in [3.8, 4) is 5.75 Å². The highest BCUT2D eigenvalue weighted by atomic mass is 16.5. The van der Waals surface area contributed by atoms with Gasteiger partial charge in [-0.05, 0) is 44.5 Å². The number of benzene rings is 1. The van der Waals surface area contributed by atoms with Gasteiger partial charge in [0.15, 0.2) is 0 Å². The SMILES string of the molecule is CCCOc1cccc(N(C)CC2CCN(C)C2)c1N. The lowest BCUT2D eigenvalue weighted by Crippen LogP contribution is -2.27. The third kappa shape index (κ3) is 3.57. The molecular weight excluding hydrogens is 250 g/mol. The number of ether oxygens (including phenoxy) is 1. The lowest BCUT2D eigenvalue weighted by Gasteiger charge is -2.25. The molecule has 112 valence electrons. The number of hydrogen-bond acceptors (Lipinski definition) is 4. The molecule has 1 unspecified atom stereocenters. The number of nitrogens with zero attached hydrogens (tertiary/aromatic N) is 2. The number of para-hydroxylation sites is 1. The molecular formula is C16H27N3O. The molecule has 1 aliphatic rings. The van der Waals surface area contributed by atoms with Crippen molar-refractivity contribution in [2.75, 3.05) is 51.0 Å². The second-order valence-corrected chi connectivity index (χ2v) is 5.83. The van der Waals surface area contributed by atoms with Crippen molar-refractivity contribution in [2.45, 2.75) is 19.8 Å². The first-order chi connectivity index (χ1) is 9.61. The molecule has 1 aromatic rings. The maximum Gasteiger partial charge on any atom is 0.144 e. The summed E-state index contributed by atoms with van der Waals surface area (Å²) in [6.45, 7) is 6.24. The fourth-order valence-electron chi connectivity index (χ4n) is 2.86. The minimum absolute atomic E-state index is 0.713. The Hall–Kier alpha value is -1.42. The molecule has 0 bridgehead atoms. The van der Waals surface area contributed by atoms with E-state index in [4.69, 9.17) is 10.5 Å². The lowest BCUT2D eigenvalue weighted by atomic mass is 10.1. The van der Waals surface area contributed by atoms with Gasteiger partial charge in [-0.1, -0.05) is 13.0 Å². The van der Waals surface area contributed by atoms with Gasteiger partial charge >= 0.3 is 0 Å². The summed E-state index contributed by atoms with van der Waals surface area (Å²) in [6, 6.07) is 6.05. The van der Waals surface area contributed by atoms with Gasteiger partial charge in [-0.2, -0.15) is 0 Å². The molecule has 4 heteroatoms. The predicted octanol–water partition coefficient (Wildman–Crippen LogP) is 2.45. The van der Waals surface area contributed by atoms with Crippen LogP contribution >= 0.6 is 0 Å². The highest BCUT2D eigenvalue weighted by Gasteiger charge is 2.21. The molecule has 1 aliphatic heterocycles. The molecule has 1 saturated heterocycles. The maximum atomic E-state index is 6.25. The van der Waals surface area contributed by atoms with Gasteiger partial charge < -0.3 is 20.3 Å². The van der Waals surface area contributed by atoms with Crippen LogP contribution in [0.25, 0.3) is 0 Å². The Balaban J connectivity index is 2.03. The molecule has 0 radical (unpaired) electrons. The van der Waals surface area contributed by atoms with E-state index in [9.17, 15) is 0 Å². The summed E-state index contributed by atoms with van der Waals surface area (Å²) in [5, 5.41) is 0. The van der Waals surface area contributed by atoms with Crippen molar-refractivity contribution in [3.05, 3.63) is 18.2 Å². The van der Waals surface area contributed by atoms with Gasteiger partial charge in [0, 0.05) is 20.1 Å². The quantitative estimate of drug-likeness (QED) is 0.811. The van der Waals surface area contributed by atoms with Crippen LogP contribution in [0.4, 0.5) is 11.4 Å². The van der Waals surface area contributed by atoms with Crippen LogP contribution in [-0.2, 0) is 0 Å². The van der Waals surface area contributed by atoms with Gasteiger partial charge in [0.25, 0.3) is 0 Å². The lowest BCUT2D eigenvalue weighted by molar-refractivity contribution is 0.319. The van der Waals surface area contributed by atoms with Gasteiger partial charge in [-0.15, -0.1) is 0 Å². The van der Waals surface area contributed by atoms with Crippen molar-refractivity contribution < 1.29 is 4.74 Å². The van der Waals surface area contributed by atoms with Gasteiger partial charge in [-0.3, -0.25) is 0 Å². The van der Waals surface area contributed by atoms with E-state index in [0.29, 0.717) is 6.61 Å². The smallest absolute Gasteiger partial charge is 0.144 e. The maximum absolute atomic E-state index is 6.25. The largest absolute Gasteiger partial charge is 0.491 e. The second kappa shape index (κ2) is 6.84. The van der Waals surface area contributed by atoms with Gasteiger partial charge in [-0.25, -0.2) is 0 Å². The Labute approximate surface area is 122 Å². The fourth-order valence-corrected chi connectivity index (χ4v) is 2.86. The summed E-state index contributed by atoms with van der Waals surface area (Å²) in [6.07, 6.45) is 2.26. The predicted molar refractivity (Wildman–Crippen MR) is 85.5 cm³/mol. The molecule has 1 fully saturated rings. The number of nitrogens with two attached hydrogens (primary N) is 1. The van der Waals surface area contributed by atoms with Crippen LogP contribution in [0.1, 0.15) is 19.8 Å². The zero-order chi connectivity index (χ0) is 14.5. The highest BCUT2D eigenvalue weighted by molar-refractivity contribution is 5.73. The molecule has 0 spiro atoms. The number of nitrogen functional groups attached to an aromatic ring is 1. The minimum atomic E-state index is 0.713. The Kier molecular flexibility index (Phi) is 5.12. The Morgan fingerprint density at radius 3 is 2.90 bits per heavy atom. The van der Waals surface area contributed by atoms with Crippen molar-refractivity contribution in [1.29, 1.82) is 0 Å². The van der Waals surface area contributed by atoms with E-state index in [1.54, 1.807) is 0 Å². The van der Waals surface area contributed by atoms with Crippen molar-refractivity contribution >= 4 is 11.4 Å². The topological polar surface area (TPSA) is 41.7 Å². The van der Waals surface area contributed by atoms with E-state index in [2.05, 4.69) is 36.9 Å². The van der Waals surface area contributed by atoms with Crippen LogP contribution in [0.15, 0.2) is 18.2 Å². The molecule has 1 heterocycles. The molecule has 0 aliphatic carbocycles. The first kappa shape index (κ1) is 15.0. The molecule has 1 atom stereocenters. The van der Waals surface area contributed by atoms with Crippen LogP contribution in [0, 0.1) is 5.92 Å². The Morgan fingerprint density at radius 1 is 1.45 bits per heavy atom. The summed E-state index contributed by atoms with van der Waals surface area (Å²) in [4.78, 5) is 4.65. The average Bonchev–Trinajstić information content (AvgIpc) is 2.83. The summed E-state index contributed by atoms with van der Waals surface area (Å²) in [5.41, 5.74) is 8.09. The molecule has 4 nitrogen and oxygen atoms in total. The first-order valence-corrected chi connectivity index (χ1v) is 7.52. The van der Waals surface area contributed by atoms with E-state index in [1.165, 1.54) is 19.5 Å². The highest BCUT2D eigenvalue weighted by Crippen LogP contribution is 2.32. The van der Waals surface area contributed by atoms with Crippen LogP contribution in [-0.4, -0.2) is 45.2 Å². The monoisotopic (exact) mass is 277 g/mol. The standard InChI is InChI=1S/C16H27N3O/c1-4-10-20-15-7-5-6-14(16(15)17)19(3)12-13-8-9-18(2)11-13/h5-7,13H,4,8-12,17H2,1-3H3. The van der Waals surface area contributed by atoms with Crippen molar-refractivity contribution in [3.63, 3.8) is 0 Å². The summed E-state index contributed by atoms with van der Waals surface area (Å²) in [5.74, 6) is 1.53. The number of anilines is 2. The van der Waals surface area contributed by atoms with E-state index in [0.717, 1.165) is 36.0 Å². The van der Waals surface area contributed by atoms with E-state index in [-0.39, 0.29) is 0 Å². The van der Waals surface area contributed by atoms with Gasteiger partial charge in [0.2, 0.25) is 0 Å². The second-order valence-electron chi connectivity index (χ2n) is 5.83. The van der Waals surface area contributed by atoms with Crippen LogP contribution < -0.4 is 15.4 Å². The van der Waals surface area contributed by atoms with Crippen LogP contribution in [0.2, 0.25) is 0 Å². The molecule has 0 aromatic heterocycles. The molecule has 2 rings (SSSR count). The summed E-state index contributed by atoms with van der Waals surface area (Å²) < 4.78 is 5.70. The van der Waals surface area contributed by atoms with E-state index >= 15 is 0 Å². The normalized spacial score (nSPS) is 19.2. The number of likely N-dealkylation sites (tertiary alicyclic amines) is 1. The molecule has 2 N–H and O–H groups in total. The van der Waals surface area contributed by atoms with Gasteiger partial charge in [0.05, 0.1) is 18.0 Å². The number of rotatable bonds is 6. The molecule has 1 aromatic carbocycles. The van der Waals surface area contributed by atoms with Crippen LogP contribution in [0.3, 0.4) is 0 Å². The average molecular weight is 277 g/mol. The van der Waals surface area contributed by atoms with Crippen molar-refractivity contribution in [2.24, 2.45) is 5.92 Å². The van der Waals surface area contributed by atoms with Gasteiger partial charge in [0.1, 0.15) is 5.75 Å². The third-order valence-corrected chi connectivity index (χ3v) is 3.94. The summed E-state index contributed by atoms with van der Waals surface area (Å²) in [7, 11) is 4.31. The fraction of sp³-hybridized carbons (Fsp3) is 0.625. The zero-order valence-electron chi connectivity index (χ0n) is 12.9. The number of hydrogen-bond donors (Lipinski definition) is 1. The Morgan fingerprint density at radius 2 is 2.25 bits per heavy atom.